The van der Waals surface area contributed by atoms with Gasteiger partial charge in [0.1, 0.15) is 5.69 Å². The molecule has 0 radical (unpaired) electrons. The van der Waals surface area contributed by atoms with Gasteiger partial charge in [0.2, 0.25) is 5.95 Å². The van der Waals surface area contributed by atoms with Crippen LogP contribution in [0.5, 0.6) is 0 Å². The molecule has 0 spiro atoms. The summed E-state index contributed by atoms with van der Waals surface area (Å²) in [7, 11) is 0. The fourth-order valence-corrected chi connectivity index (χ4v) is 2.79. The van der Waals surface area contributed by atoms with Gasteiger partial charge in [-0.3, -0.25) is 4.79 Å². The Hall–Kier alpha value is -3.72. The maximum atomic E-state index is 12.7. The molecule has 1 aromatic heterocycles. The van der Waals surface area contributed by atoms with E-state index in [-0.39, 0.29) is 17.0 Å². The molecule has 0 bridgehead atoms. The van der Waals surface area contributed by atoms with E-state index in [2.05, 4.69) is 47.4 Å². The fourth-order valence-electron chi connectivity index (χ4n) is 2.79. The van der Waals surface area contributed by atoms with Gasteiger partial charge in [-0.2, -0.15) is 5.26 Å². The molecule has 3 aromatic rings. The molecule has 0 atom stereocenters. The van der Waals surface area contributed by atoms with Gasteiger partial charge >= 0.3 is 0 Å². The Morgan fingerprint density at radius 2 is 1.72 bits per heavy atom. The fraction of sp³-hybridized carbons (Fsp3) is 0.217. The van der Waals surface area contributed by atoms with Gasteiger partial charge in [0.15, 0.2) is 0 Å². The molecule has 0 aliphatic heterocycles. The van der Waals surface area contributed by atoms with Gasteiger partial charge in [0.25, 0.3) is 5.91 Å². The summed E-state index contributed by atoms with van der Waals surface area (Å²) < 4.78 is 0. The zero-order chi connectivity index (χ0) is 21.0. The lowest BCUT2D eigenvalue weighted by Crippen LogP contribution is -2.16. The second kappa shape index (κ2) is 8.11. The third kappa shape index (κ3) is 5.17. The van der Waals surface area contributed by atoms with Gasteiger partial charge in [-0.1, -0.05) is 39.0 Å². The van der Waals surface area contributed by atoms with Crippen molar-refractivity contribution in [1.82, 2.24) is 9.97 Å². The van der Waals surface area contributed by atoms with Crippen LogP contribution in [0.2, 0.25) is 0 Å². The van der Waals surface area contributed by atoms with Gasteiger partial charge < -0.3 is 10.6 Å². The Balaban J connectivity index is 1.78. The summed E-state index contributed by atoms with van der Waals surface area (Å²) in [6.07, 6.45) is 0. The third-order valence-corrected chi connectivity index (χ3v) is 4.34. The van der Waals surface area contributed by atoms with Crippen molar-refractivity contribution in [1.29, 1.82) is 5.26 Å². The molecule has 2 N–H and O–H groups in total. The molecule has 0 unspecified atom stereocenters. The third-order valence-electron chi connectivity index (χ3n) is 4.34. The Kier molecular flexibility index (Phi) is 5.60. The molecule has 0 aliphatic carbocycles. The summed E-state index contributed by atoms with van der Waals surface area (Å²) in [5.41, 5.74) is 4.08. The second-order valence-electron chi connectivity index (χ2n) is 7.82. The van der Waals surface area contributed by atoms with Gasteiger partial charge in [0.05, 0.1) is 11.6 Å². The minimum Gasteiger partial charge on any atom is -0.324 e. The zero-order valence-electron chi connectivity index (χ0n) is 16.9. The van der Waals surface area contributed by atoms with Crippen LogP contribution in [0.15, 0.2) is 54.6 Å². The van der Waals surface area contributed by atoms with Gasteiger partial charge in [-0.15, -0.1) is 0 Å². The van der Waals surface area contributed by atoms with Crippen molar-refractivity contribution in [2.75, 3.05) is 10.6 Å². The number of nitriles is 1. The highest BCUT2D eigenvalue weighted by Gasteiger charge is 2.15. The molecular formula is C23H23N5O. The van der Waals surface area contributed by atoms with Crippen molar-refractivity contribution in [3.63, 3.8) is 0 Å². The molecule has 0 aliphatic rings. The number of hydrogen-bond acceptors (Lipinski definition) is 5. The van der Waals surface area contributed by atoms with Gasteiger partial charge in [0, 0.05) is 17.1 Å². The SMILES string of the molecule is Cc1cc(C(=O)Nc2ccc(C(C)(C)C)cc2)nc(Nc2cccc(C#N)c2)n1. The average molecular weight is 385 g/mol. The summed E-state index contributed by atoms with van der Waals surface area (Å²) in [6.45, 7) is 8.23. The van der Waals surface area contributed by atoms with Crippen LogP contribution in [0, 0.1) is 18.3 Å². The first-order chi connectivity index (χ1) is 13.7. The van der Waals surface area contributed by atoms with E-state index in [1.165, 1.54) is 5.56 Å². The van der Waals surface area contributed by atoms with Crippen molar-refractivity contribution < 1.29 is 4.79 Å². The molecule has 0 fully saturated rings. The topological polar surface area (TPSA) is 90.7 Å². The van der Waals surface area contributed by atoms with Crippen LogP contribution < -0.4 is 10.6 Å². The number of anilines is 3. The molecule has 0 saturated heterocycles. The van der Waals surface area contributed by atoms with Crippen LogP contribution in [0.4, 0.5) is 17.3 Å². The van der Waals surface area contributed by atoms with E-state index >= 15 is 0 Å². The van der Waals surface area contributed by atoms with Crippen LogP contribution in [0.3, 0.4) is 0 Å². The lowest BCUT2D eigenvalue weighted by atomic mass is 9.87. The molecular weight excluding hydrogens is 362 g/mol. The summed E-state index contributed by atoms with van der Waals surface area (Å²) in [6, 6.07) is 18.5. The van der Waals surface area contributed by atoms with Crippen molar-refractivity contribution in [2.45, 2.75) is 33.1 Å². The number of nitrogens with one attached hydrogen (secondary N) is 2. The molecule has 2 aromatic carbocycles. The Labute approximate surface area is 170 Å². The monoisotopic (exact) mass is 385 g/mol. The largest absolute Gasteiger partial charge is 0.324 e. The number of rotatable bonds is 4. The van der Waals surface area contributed by atoms with Crippen molar-refractivity contribution in [2.24, 2.45) is 0 Å². The predicted octanol–water partition coefficient (Wildman–Crippen LogP) is 4.95. The number of aromatic nitrogens is 2. The maximum Gasteiger partial charge on any atom is 0.274 e. The number of benzene rings is 2. The maximum absolute atomic E-state index is 12.7. The van der Waals surface area contributed by atoms with E-state index in [4.69, 9.17) is 5.26 Å². The van der Waals surface area contributed by atoms with Crippen molar-refractivity contribution in [3.05, 3.63) is 77.1 Å². The Morgan fingerprint density at radius 3 is 2.38 bits per heavy atom. The number of carbonyl (C=O) groups is 1. The molecule has 146 valence electrons. The predicted molar refractivity (Wildman–Crippen MR) is 114 cm³/mol. The Bertz CT molecular complexity index is 1080. The lowest BCUT2D eigenvalue weighted by Gasteiger charge is -2.19. The highest BCUT2D eigenvalue weighted by molar-refractivity contribution is 6.03. The van der Waals surface area contributed by atoms with Crippen molar-refractivity contribution >= 4 is 23.2 Å². The average Bonchev–Trinajstić information content (AvgIpc) is 2.67. The van der Waals surface area contributed by atoms with Crippen LogP contribution >= 0.6 is 0 Å². The van der Waals surface area contributed by atoms with E-state index in [9.17, 15) is 4.79 Å². The van der Waals surface area contributed by atoms with Crippen LogP contribution in [-0.2, 0) is 5.41 Å². The van der Waals surface area contributed by atoms with Crippen LogP contribution in [-0.4, -0.2) is 15.9 Å². The number of hydrogen-bond donors (Lipinski definition) is 2. The normalized spacial score (nSPS) is 10.9. The molecule has 1 heterocycles. The zero-order valence-corrected chi connectivity index (χ0v) is 16.9. The van der Waals surface area contributed by atoms with E-state index in [1.54, 1.807) is 31.2 Å². The smallest absolute Gasteiger partial charge is 0.274 e. The highest BCUT2D eigenvalue weighted by Crippen LogP contribution is 2.23. The van der Waals surface area contributed by atoms with Crippen molar-refractivity contribution in [3.8, 4) is 6.07 Å². The first-order valence-electron chi connectivity index (χ1n) is 9.29. The summed E-state index contributed by atoms with van der Waals surface area (Å²) in [5.74, 6) is -0.0128. The number of carbonyl (C=O) groups excluding carboxylic acids is 1. The van der Waals surface area contributed by atoms with Gasteiger partial charge in [-0.25, -0.2) is 9.97 Å². The molecule has 29 heavy (non-hydrogen) atoms. The molecule has 0 saturated carbocycles. The summed E-state index contributed by atoms with van der Waals surface area (Å²) in [5, 5.41) is 15.0. The molecule has 6 heteroatoms. The minimum absolute atomic E-state index is 0.0513. The summed E-state index contributed by atoms with van der Waals surface area (Å²) in [4.78, 5) is 21.3. The molecule has 3 rings (SSSR count). The first kappa shape index (κ1) is 20.0. The number of aryl methyl sites for hydroxylation is 1. The first-order valence-corrected chi connectivity index (χ1v) is 9.29. The molecule has 6 nitrogen and oxygen atoms in total. The van der Waals surface area contributed by atoms with E-state index in [0.717, 1.165) is 0 Å². The van der Waals surface area contributed by atoms with E-state index in [1.807, 2.05) is 30.3 Å². The number of amides is 1. The minimum atomic E-state index is -0.312. The van der Waals surface area contributed by atoms with E-state index < -0.39 is 0 Å². The quantitative estimate of drug-likeness (QED) is 0.663. The second-order valence-corrected chi connectivity index (χ2v) is 7.82. The van der Waals surface area contributed by atoms with Crippen LogP contribution in [0.25, 0.3) is 0 Å². The van der Waals surface area contributed by atoms with E-state index in [0.29, 0.717) is 28.6 Å². The number of nitrogens with zero attached hydrogens (tertiary/aromatic N) is 3. The van der Waals surface area contributed by atoms with Crippen LogP contribution in [0.1, 0.15) is 48.1 Å². The lowest BCUT2D eigenvalue weighted by molar-refractivity contribution is 0.102. The molecule has 1 amide bonds. The summed E-state index contributed by atoms with van der Waals surface area (Å²) >= 11 is 0. The standard InChI is InChI=1S/C23H23N5O/c1-15-12-20(21(29)26-18-10-8-17(9-11-18)23(2,3)4)28-22(25-15)27-19-7-5-6-16(13-19)14-24/h5-13H,1-4H3,(H,26,29)(H,25,27,28). The van der Waals surface area contributed by atoms with Gasteiger partial charge in [-0.05, 0) is 54.3 Å². The highest BCUT2D eigenvalue weighted by atomic mass is 16.1. The Morgan fingerprint density at radius 1 is 1.00 bits per heavy atom.